The number of anilines is 1. The summed E-state index contributed by atoms with van der Waals surface area (Å²) in [6.45, 7) is 1.27. The van der Waals surface area contributed by atoms with Crippen molar-refractivity contribution >= 4 is 29.0 Å². The van der Waals surface area contributed by atoms with Crippen molar-refractivity contribution in [3.63, 3.8) is 0 Å². The van der Waals surface area contributed by atoms with Gasteiger partial charge in [0.15, 0.2) is 5.69 Å². The van der Waals surface area contributed by atoms with Gasteiger partial charge in [0.1, 0.15) is 0 Å². The zero-order chi connectivity index (χ0) is 15.9. The van der Waals surface area contributed by atoms with Gasteiger partial charge >= 0.3 is 0 Å². The number of aromatic nitrogens is 2. The molecule has 1 aromatic carbocycles. The van der Waals surface area contributed by atoms with Crippen molar-refractivity contribution in [2.24, 2.45) is 0 Å². The van der Waals surface area contributed by atoms with Crippen LogP contribution in [0.2, 0.25) is 0 Å². The maximum atomic E-state index is 12.4. The van der Waals surface area contributed by atoms with Gasteiger partial charge in [-0.2, -0.15) is 0 Å². The molecule has 1 saturated heterocycles. The second kappa shape index (κ2) is 5.42. The molecule has 2 aliphatic rings. The number of rotatable bonds is 1. The minimum atomic E-state index is -0.157. The van der Waals surface area contributed by atoms with Crippen LogP contribution in [0.3, 0.4) is 0 Å². The number of carbonyl (C=O) groups excluding carboxylic acids is 2. The van der Waals surface area contributed by atoms with Crippen molar-refractivity contribution in [2.75, 3.05) is 18.4 Å². The molecule has 0 unspecified atom stereocenters. The summed E-state index contributed by atoms with van der Waals surface area (Å²) in [5.41, 5.74) is 2.36. The van der Waals surface area contributed by atoms with Crippen LogP contribution in [0.4, 0.5) is 5.69 Å². The molecule has 2 aliphatic heterocycles. The maximum Gasteiger partial charge on any atom is 0.275 e. The van der Waals surface area contributed by atoms with Gasteiger partial charge in [0.05, 0.1) is 0 Å². The Morgan fingerprint density at radius 3 is 2.78 bits per heavy atom. The van der Waals surface area contributed by atoms with Crippen LogP contribution >= 0.6 is 11.5 Å². The Kier molecular flexibility index (Phi) is 3.37. The number of benzene rings is 1. The van der Waals surface area contributed by atoms with Crippen molar-refractivity contribution in [2.45, 2.75) is 24.7 Å². The summed E-state index contributed by atoms with van der Waals surface area (Å²) in [6.07, 6.45) is 2.08. The SMILES string of the molecule is O=C1CC2(CCN(C(=O)c3csnn3)CC2)c2ccccc2N1. The Balaban J connectivity index is 1.57. The zero-order valence-electron chi connectivity index (χ0n) is 12.5. The van der Waals surface area contributed by atoms with Crippen LogP contribution in [0.5, 0.6) is 0 Å². The number of carbonyl (C=O) groups is 2. The third-order valence-corrected chi connectivity index (χ3v) is 5.36. The predicted octanol–water partition coefficient (Wildman–Crippen LogP) is 2.05. The number of hydrogen-bond acceptors (Lipinski definition) is 5. The Labute approximate surface area is 137 Å². The fraction of sp³-hybridized carbons (Fsp3) is 0.375. The van der Waals surface area contributed by atoms with E-state index in [1.807, 2.05) is 23.1 Å². The standard InChI is InChI=1S/C16H16N4O2S/c21-14-9-16(11-3-1-2-4-12(11)17-14)5-7-20(8-6-16)15(22)13-10-23-19-18-13/h1-4,10H,5-9H2,(H,17,21). The molecule has 2 aromatic rings. The first-order valence-corrected chi connectivity index (χ1v) is 8.47. The Bertz CT molecular complexity index is 751. The van der Waals surface area contributed by atoms with E-state index in [2.05, 4.69) is 21.0 Å². The second-order valence-electron chi connectivity index (χ2n) is 6.13. The lowest BCUT2D eigenvalue weighted by atomic mass is 9.68. The fourth-order valence-corrected chi connectivity index (χ4v) is 4.09. The van der Waals surface area contributed by atoms with Gasteiger partial charge < -0.3 is 10.2 Å². The zero-order valence-corrected chi connectivity index (χ0v) is 13.3. The molecule has 1 aromatic heterocycles. The molecule has 7 heteroatoms. The lowest BCUT2D eigenvalue weighted by molar-refractivity contribution is -0.118. The molecule has 0 atom stereocenters. The first-order valence-electron chi connectivity index (χ1n) is 7.64. The normalized spacial score (nSPS) is 19.3. The van der Waals surface area contributed by atoms with E-state index in [1.165, 1.54) is 17.1 Å². The molecule has 0 aliphatic carbocycles. The van der Waals surface area contributed by atoms with Gasteiger partial charge in [0, 0.05) is 36.0 Å². The molecular weight excluding hydrogens is 312 g/mol. The third-order valence-electron chi connectivity index (χ3n) is 4.86. The summed E-state index contributed by atoms with van der Waals surface area (Å²) in [6, 6.07) is 7.99. The molecular formula is C16H16N4O2S. The van der Waals surface area contributed by atoms with Gasteiger partial charge in [0.2, 0.25) is 5.91 Å². The minimum Gasteiger partial charge on any atom is -0.337 e. The van der Waals surface area contributed by atoms with Crippen molar-refractivity contribution in [1.29, 1.82) is 0 Å². The molecule has 3 heterocycles. The second-order valence-corrected chi connectivity index (χ2v) is 6.74. The van der Waals surface area contributed by atoms with Crippen molar-refractivity contribution < 1.29 is 9.59 Å². The molecule has 2 amide bonds. The van der Waals surface area contributed by atoms with Crippen LogP contribution in [-0.2, 0) is 10.2 Å². The highest BCUT2D eigenvalue weighted by Crippen LogP contribution is 2.44. The van der Waals surface area contributed by atoms with Gasteiger partial charge in [-0.15, -0.1) is 5.10 Å². The van der Waals surface area contributed by atoms with E-state index in [4.69, 9.17) is 0 Å². The summed E-state index contributed by atoms with van der Waals surface area (Å²) >= 11 is 1.18. The molecule has 23 heavy (non-hydrogen) atoms. The third kappa shape index (κ3) is 2.41. The molecule has 1 spiro atoms. The largest absolute Gasteiger partial charge is 0.337 e. The first kappa shape index (κ1) is 14.3. The molecule has 1 fully saturated rings. The van der Waals surface area contributed by atoms with E-state index >= 15 is 0 Å². The molecule has 0 saturated carbocycles. The van der Waals surface area contributed by atoms with Crippen molar-refractivity contribution in [3.05, 3.63) is 40.9 Å². The number of nitrogens with zero attached hydrogens (tertiary/aromatic N) is 3. The van der Waals surface area contributed by atoms with E-state index < -0.39 is 0 Å². The number of piperidine rings is 1. The van der Waals surface area contributed by atoms with Crippen LogP contribution in [0.15, 0.2) is 29.6 Å². The van der Waals surface area contributed by atoms with E-state index in [-0.39, 0.29) is 17.2 Å². The fourth-order valence-electron chi connectivity index (χ4n) is 3.66. The van der Waals surface area contributed by atoms with Crippen LogP contribution in [-0.4, -0.2) is 39.4 Å². The Morgan fingerprint density at radius 1 is 1.26 bits per heavy atom. The average Bonchev–Trinajstić information content (AvgIpc) is 3.09. The van der Waals surface area contributed by atoms with E-state index in [9.17, 15) is 9.59 Å². The monoisotopic (exact) mass is 328 g/mol. The van der Waals surface area contributed by atoms with Crippen LogP contribution in [0.1, 0.15) is 35.3 Å². The van der Waals surface area contributed by atoms with E-state index in [0.717, 1.165) is 18.5 Å². The topological polar surface area (TPSA) is 75.2 Å². The first-order chi connectivity index (χ1) is 11.2. The number of fused-ring (bicyclic) bond motifs is 2. The van der Waals surface area contributed by atoms with Gasteiger partial charge in [-0.25, -0.2) is 0 Å². The van der Waals surface area contributed by atoms with Gasteiger partial charge in [0.25, 0.3) is 5.91 Å². The number of hydrogen-bond donors (Lipinski definition) is 1. The lowest BCUT2D eigenvalue weighted by Crippen LogP contribution is -2.48. The Hall–Kier alpha value is -2.28. The molecule has 6 nitrogen and oxygen atoms in total. The molecule has 1 N–H and O–H groups in total. The highest BCUT2D eigenvalue weighted by Gasteiger charge is 2.43. The number of likely N-dealkylation sites (tertiary alicyclic amines) is 1. The van der Waals surface area contributed by atoms with E-state index in [1.54, 1.807) is 5.38 Å². The van der Waals surface area contributed by atoms with Gasteiger partial charge in [-0.1, -0.05) is 22.7 Å². The molecule has 0 bridgehead atoms. The molecule has 4 rings (SSSR count). The summed E-state index contributed by atoms with van der Waals surface area (Å²) in [5, 5.41) is 8.48. The van der Waals surface area contributed by atoms with Gasteiger partial charge in [-0.3, -0.25) is 9.59 Å². The highest BCUT2D eigenvalue weighted by molar-refractivity contribution is 7.03. The summed E-state index contributed by atoms with van der Waals surface area (Å²) in [5.74, 6) is -0.00526. The smallest absolute Gasteiger partial charge is 0.275 e. The lowest BCUT2D eigenvalue weighted by Gasteiger charge is -2.44. The summed E-state index contributed by atoms with van der Waals surface area (Å²) < 4.78 is 3.75. The number of para-hydroxylation sites is 1. The summed E-state index contributed by atoms with van der Waals surface area (Å²) in [7, 11) is 0. The molecule has 0 radical (unpaired) electrons. The van der Waals surface area contributed by atoms with Crippen molar-refractivity contribution in [1.82, 2.24) is 14.5 Å². The highest BCUT2D eigenvalue weighted by atomic mass is 32.1. The van der Waals surface area contributed by atoms with Crippen LogP contribution in [0, 0.1) is 0 Å². The van der Waals surface area contributed by atoms with E-state index in [0.29, 0.717) is 25.2 Å². The number of nitrogens with one attached hydrogen (secondary N) is 1. The maximum absolute atomic E-state index is 12.4. The number of amides is 2. The van der Waals surface area contributed by atoms with Crippen LogP contribution in [0.25, 0.3) is 0 Å². The van der Waals surface area contributed by atoms with Crippen molar-refractivity contribution in [3.8, 4) is 0 Å². The predicted molar refractivity (Wildman–Crippen MR) is 86.4 cm³/mol. The average molecular weight is 328 g/mol. The van der Waals surface area contributed by atoms with Crippen LogP contribution < -0.4 is 5.32 Å². The summed E-state index contributed by atoms with van der Waals surface area (Å²) in [4.78, 5) is 26.3. The van der Waals surface area contributed by atoms with Gasteiger partial charge in [-0.05, 0) is 36.0 Å². The minimum absolute atomic E-state index is 0.0622. The quantitative estimate of drug-likeness (QED) is 0.869. The molecule has 118 valence electrons. The Morgan fingerprint density at radius 2 is 2.04 bits per heavy atom.